The van der Waals surface area contributed by atoms with Crippen molar-refractivity contribution in [1.82, 2.24) is 14.1 Å². The van der Waals surface area contributed by atoms with E-state index in [1.807, 2.05) is 31.4 Å². The summed E-state index contributed by atoms with van der Waals surface area (Å²) in [6.45, 7) is 9.66. The van der Waals surface area contributed by atoms with Gasteiger partial charge in [-0.05, 0) is 51.5 Å². The Balaban J connectivity index is 1.87. The lowest BCUT2D eigenvalue weighted by Gasteiger charge is -2.08. The first-order chi connectivity index (χ1) is 13.7. The standard InChI is InChI=1S/C20H26N4O3S2/c1-5-9-24-13(3)10-16(14(24)4)19(25)12-28-20-22-17-11-15(29(21,26)27)7-8-18(17)23(20)6-2/h7-8,10-11H,5-6,9,12H2,1-4H3,(H2,21,26,27). The van der Waals surface area contributed by atoms with E-state index in [4.69, 9.17) is 5.14 Å². The quantitative estimate of drug-likeness (QED) is 0.432. The van der Waals surface area contributed by atoms with Gasteiger partial charge in [-0.2, -0.15) is 0 Å². The van der Waals surface area contributed by atoms with E-state index < -0.39 is 10.0 Å². The molecule has 0 bridgehead atoms. The molecule has 3 rings (SSSR count). The molecule has 29 heavy (non-hydrogen) atoms. The number of nitrogens with two attached hydrogens (primary N) is 1. The molecular weight excluding hydrogens is 408 g/mol. The highest BCUT2D eigenvalue weighted by Gasteiger charge is 2.18. The van der Waals surface area contributed by atoms with E-state index in [-0.39, 0.29) is 16.4 Å². The van der Waals surface area contributed by atoms with E-state index in [2.05, 4.69) is 16.5 Å². The van der Waals surface area contributed by atoms with Gasteiger partial charge in [0, 0.05) is 30.0 Å². The number of primary sulfonamides is 1. The summed E-state index contributed by atoms with van der Waals surface area (Å²) in [6.07, 6.45) is 1.01. The Hall–Kier alpha value is -2.10. The van der Waals surface area contributed by atoms with Crippen LogP contribution in [0.25, 0.3) is 11.0 Å². The number of ketones is 1. The van der Waals surface area contributed by atoms with Crippen molar-refractivity contribution in [2.45, 2.75) is 57.3 Å². The first kappa shape index (κ1) is 21.6. The van der Waals surface area contributed by atoms with Gasteiger partial charge in [-0.1, -0.05) is 18.7 Å². The van der Waals surface area contributed by atoms with Gasteiger partial charge >= 0.3 is 0 Å². The van der Waals surface area contributed by atoms with Crippen LogP contribution in [-0.4, -0.2) is 34.1 Å². The van der Waals surface area contributed by atoms with Crippen LogP contribution in [0.4, 0.5) is 0 Å². The zero-order valence-corrected chi connectivity index (χ0v) is 18.7. The number of sulfonamides is 1. The van der Waals surface area contributed by atoms with Crippen molar-refractivity contribution in [3.63, 3.8) is 0 Å². The molecule has 0 amide bonds. The van der Waals surface area contributed by atoms with Crippen molar-refractivity contribution in [3.05, 3.63) is 41.2 Å². The molecule has 2 N–H and O–H groups in total. The van der Waals surface area contributed by atoms with E-state index in [1.165, 1.54) is 23.9 Å². The number of carbonyl (C=O) groups is 1. The second-order valence-electron chi connectivity index (χ2n) is 6.98. The van der Waals surface area contributed by atoms with E-state index in [1.54, 1.807) is 6.07 Å². The SMILES string of the molecule is CCCn1c(C)cc(C(=O)CSc2nc3cc(S(N)(=O)=O)ccc3n2CC)c1C. The summed E-state index contributed by atoms with van der Waals surface area (Å²) in [4.78, 5) is 17.4. The first-order valence-corrected chi connectivity index (χ1v) is 12.1. The molecule has 9 heteroatoms. The smallest absolute Gasteiger partial charge is 0.238 e. The average Bonchev–Trinajstić information content (AvgIpc) is 3.16. The molecule has 156 valence electrons. The number of aromatic nitrogens is 3. The first-order valence-electron chi connectivity index (χ1n) is 9.53. The maximum atomic E-state index is 12.8. The van der Waals surface area contributed by atoms with Crippen LogP contribution in [0.5, 0.6) is 0 Å². The molecule has 0 saturated heterocycles. The fraction of sp³-hybridized carbons (Fsp3) is 0.400. The van der Waals surface area contributed by atoms with Gasteiger partial charge in [0.05, 0.1) is 21.7 Å². The van der Waals surface area contributed by atoms with Crippen LogP contribution in [0.15, 0.2) is 34.3 Å². The number of hydrogen-bond acceptors (Lipinski definition) is 5. The summed E-state index contributed by atoms with van der Waals surface area (Å²) in [7, 11) is -3.79. The van der Waals surface area contributed by atoms with Crippen molar-refractivity contribution in [3.8, 4) is 0 Å². The minimum absolute atomic E-state index is 0.0294. The molecule has 0 saturated carbocycles. The van der Waals surface area contributed by atoms with Gasteiger partial charge in [0.25, 0.3) is 0 Å². The van der Waals surface area contributed by atoms with Crippen molar-refractivity contribution in [2.24, 2.45) is 5.14 Å². The molecule has 0 aliphatic heterocycles. The summed E-state index contributed by atoms with van der Waals surface area (Å²) in [5.41, 5.74) is 4.20. The fourth-order valence-corrected chi connectivity index (χ4v) is 5.03. The molecule has 0 fully saturated rings. The van der Waals surface area contributed by atoms with Crippen LogP contribution in [0, 0.1) is 13.8 Å². The van der Waals surface area contributed by atoms with Crippen LogP contribution in [-0.2, 0) is 23.1 Å². The molecule has 0 unspecified atom stereocenters. The van der Waals surface area contributed by atoms with Crippen LogP contribution in [0.2, 0.25) is 0 Å². The van der Waals surface area contributed by atoms with Crippen molar-refractivity contribution in [1.29, 1.82) is 0 Å². The Labute approximate surface area is 175 Å². The van der Waals surface area contributed by atoms with Gasteiger partial charge < -0.3 is 9.13 Å². The molecule has 2 heterocycles. The minimum Gasteiger partial charge on any atom is -0.348 e. The maximum Gasteiger partial charge on any atom is 0.238 e. The molecule has 0 aliphatic rings. The topological polar surface area (TPSA) is 100.0 Å². The maximum absolute atomic E-state index is 12.8. The zero-order valence-electron chi connectivity index (χ0n) is 17.1. The summed E-state index contributed by atoms with van der Waals surface area (Å²) in [6, 6.07) is 6.61. The van der Waals surface area contributed by atoms with Gasteiger partial charge in [-0.3, -0.25) is 4.79 Å². The molecule has 0 aliphatic carbocycles. The number of nitrogens with zero attached hydrogens (tertiary/aromatic N) is 3. The molecule has 1 aromatic carbocycles. The summed E-state index contributed by atoms with van der Waals surface area (Å²) < 4.78 is 27.4. The average molecular weight is 435 g/mol. The highest BCUT2D eigenvalue weighted by atomic mass is 32.2. The Morgan fingerprint density at radius 1 is 1.17 bits per heavy atom. The highest BCUT2D eigenvalue weighted by Crippen LogP contribution is 2.27. The highest BCUT2D eigenvalue weighted by molar-refractivity contribution is 7.99. The van der Waals surface area contributed by atoms with E-state index >= 15 is 0 Å². The summed E-state index contributed by atoms with van der Waals surface area (Å²) in [5, 5.41) is 5.91. The van der Waals surface area contributed by atoms with E-state index in [0.717, 1.165) is 35.4 Å². The van der Waals surface area contributed by atoms with E-state index in [9.17, 15) is 13.2 Å². The normalized spacial score (nSPS) is 12.0. The number of rotatable bonds is 8. The van der Waals surface area contributed by atoms with Crippen LogP contribution in [0.3, 0.4) is 0 Å². The lowest BCUT2D eigenvalue weighted by atomic mass is 10.2. The number of thioether (sulfide) groups is 1. The lowest BCUT2D eigenvalue weighted by Crippen LogP contribution is -2.11. The second kappa shape index (κ2) is 8.33. The van der Waals surface area contributed by atoms with Crippen LogP contribution in [0.1, 0.15) is 42.0 Å². The Morgan fingerprint density at radius 2 is 1.90 bits per heavy atom. The number of benzene rings is 1. The predicted molar refractivity (Wildman–Crippen MR) is 116 cm³/mol. The van der Waals surface area contributed by atoms with E-state index in [0.29, 0.717) is 17.2 Å². The Morgan fingerprint density at radius 3 is 2.52 bits per heavy atom. The number of fused-ring (bicyclic) bond motifs is 1. The molecule has 2 aromatic heterocycles. The fourth-order valence-electron chi connectivity index (χ4n) is 3.54. The third-order valence-corrected chi connectivity index (χ3v) is 6.87. The number of carbonyl (C=O) groups excluding carboxylic acids is 1. The second-order valence-corrected chi connectivity index (χ2v) is 9.49. The molecule has 7 nitrogen and oxygen atoms in total. The minimum atomic E-state index is -3.79. The third kappa shape index (κ3) is 4.26. The zero-order chi connectivity index (χ0) is 21.3. The molecule has 0 radical (unpaired) electrons. The number of hydrogen-bond donors (Lipinski definition) is 1. The monoisotopic (exact) mass is 434 g/mol. The summed E-state index contributed by atoms with van der Waals surface area (Å²) >= 11 is 1.36. The third-order valence-electron chi connectivity index (χ3n) is 4.98. The lowest BCUT2D eigenvalue weighted by molar-refractivity contribution is 0.102. The molecule has 0 spiro atoms. The number of aryl methyl sites for hydroxylation is 2. The van der Waals surface area contributed by atoms with Gasteiger partial charge in [-0.15, -0.1) is 0 Å². The largest absolute Gasteiger partial charge is 0.348 e. The molecular formula is C20H26N4O3S2. The van der Waals surface area contributed by atoms with Gasteiger partial charge in [0.1, 0.15) is 0 Å². The van der Waals surface area contributed by atoms with Gasteiger partial charge in [0.15, 0.2) is 10.9 Å². The number of Topliss-reactive ketones (excluding diaryl/α,β-unsaturated/α-hetero) is 1. The Bertz CT molecular complexity index is 1180. The summed E-state index contributed by atoms with van der Waals surface area (Å²) in [5.74, 6) is 0.326. The predicted octanol–water partition coefficient (Wildman–Crippen LogP) is 3.51. The van der Waals surface area contributed by atoms with Crippen molar-refractivity contribution >= 4 is 38.6 Å². The van der Waals surface area contributed by atoms with Crippen molar-refractivity contribution in [2.75, 3.05) is 5.75 Å². The van der Waals surface area contributed by atoms with Crippen LogP contribution < -0.4 is 5.14 Å². The van der Waals surface area contributed by atoms with Gasteiger partial charge in [-0.25, -0.2) is 18.5 Å². The van der Waals surface area contributed by atoms with Gasteiger partial charge in [0.2, 0.25) is 10.0 Å². The molecule has 3 aromatic rings. The Kier molecular flexibility index (Phi) is 6.21. The van der Waals surface area contributed by atoms with Crippen LogP contribution >= 0.6 is 11.8 Å². The number of imidazole rings is 1. The van der Waals surface area contributed by atoms with Crippen molar-refractivity contribution < 1.29 is 13.2 Å². The molecule has 0 atom stereocenters.